The van der Waals surface area contributed by atoms with Crippen LogP contribution in [-0.4, -0.2) is 16.5 Å². The molecule has 92 valence electrons. The van der Waals surface area contributed by atoms with Crippen molar-refractivity contribution in [1.82, 2.24) is 9.97 Å². The molecule has 0 saturated carbocycles. The summed E-state index contributed by atoms with van der Waals surface area (Å²) in [5, 5.41) is 3.50. The summed E-state index contributed by atoms with van der Waals surface area (Å²) in [4.78, 5) is 7.89. The minimum Gasteiger partial charge on any atom is -0.393 e. The van der Waals surface area contributed by atoms with E-state index in [4.69, 9.17) is 17.3 Å². The van der Waals surface area contributed by atoms with E-state index in [0.717, 1.165) is 13.0 Å². The second-order valence-corrected chi connectivity index (χ2v) is 4.57. The van der Waals surface area contributed by atoms with Gasteiger partial charge in [-0.1, -0.05) is 23.3 Å². The number of allylic oxidation sites excluding steroid dienone is 1. The lowest BCUT2D eigenvalue weighted by Gasteiger charge is -2.13. The average molecular weight is 253 g/mol. The Morgan fingerprint density at radius 1 is 1.35 bits per heavy atom. The summed E-state index contributed by atoms with van der Waals surface area (Å²) in [6, 6.07) is 0. The number of hydrogen-bond donors (Lipinski definition) is 2. The number of anilines is 2. The third kappa shape index (κ3) is 3.33. The van der Waals surface area contributed by atoms with Crippen molar-refractivity contribution >= 4 is 23.1 Å². The molecule has 0 bridgehead atoms. The highest BCUT2D eigenvalue weighted by Crippen LogP contribution is 2.23. The van der Waals surface area contributed by atoms with Crippen LogP contribution < -0.4 is 11.1 Å². The van der Waals surface area contributed by atoms with E-state index in [-0.39, 0.29) is 0 Å². The lowest BCUT2D eigenvalue weighted by Crippen LogP contribution is -2.08. The van der Waals surface area contributed by atoms with E-state index in [1.54, 1.807) is 0 Å². The smallest absolute Gasteiger partial charge is 0.157 e. The first-order valence-corrected chi connectivity index (χ1v) is 6.33. The van der Waals surface area contributed by atoms with E-state index >= 15 is 0 Å². The van der Waals surface area contributed by atoms with E-state index in [9.17, 15) is 0 Å². The van der Waals surface area contributed by atoms with Crippen molar-refractivity contribution in [2.45, 2.75) is 32.1 Å². The van der Waals surface area contributed by atoms with Crippen LogP contribution in [0.1, 0.15) is 32.1 Å². The zero-order chi connectivity index (χ0) is 12.1. The largest absolute Gasteiger partial charge is 0.393 e. The van der Waals surface area contributed by atoms with Gasteiger partial charge in [-0.3, -0.25) is 0 Å². The molecule has 0 saturated heterocycles. The molecule has 1 aromatic rings. The van der Waals surface area contributed by atoms with Gasteiger partial charge in [-0.25, -0.2) is 9.97 Å². The predicted molar refractivity (Wildman–Crippen MR) is 71.1 cm³/mol. The highest BCUT2D eigenvalue weighted by Gasteiger charge is 2.06. The van der Waals surface area contributed by atoms with Crippen molar-refractivity contribution in [3.05, 3.63) is 23.1 Å². The highest BCUT2D eigenvalue weighted by molar-refractivity contribution is 6.32. The fraction of sp³-hybridized carbons (Fsp3) is 0.500. The van der Waals surface area contributed by atoms with Gasteiger partial charge in [0.25, 0.3) is 0 Å². The zero-order valence-electron chi connectivity index (χ0n) is 9.75. The maximum Gasteiger partial charge on any atom is 0.157 e. The number of aromatic nitrogens is 2. The van der Waals surface area contributed by atoms with Crippen LogP contribution in [0.4, 0.5) is 11.5 Å². The third-order valence-electron chi connectivity index (χ3n) is 2.96. The molecule has 1 aliphatic carbocycles. The minimum atomic E-state index is 0.305. The van der Waals surface area contributed by atoms with Gasteiger partial charge in [-0.15, -0.1) is 0 Å². The zero-order valence-corrected chi connectivity index (χ0v) is 10.5. The molecular formula is C12H17ClN4. The Bertz CT molecular complexity index is 417. The number of nitrogens with zero attached hydrogens (tertiary/aromatic N) is 2. The molecule has 1 aliphatic rings. The van der Waals surface area contributed by atoms with Crippen LogP contribution in [0, 0.1) is 0 Å². The summed E-state index contributed by atoms with van der Waals surface area (Å²) < 4.78 is 0. The lowest BCUT2D eigenvalue weighted by atomic mass is 9.97. The molecule has 1 aromatic heterocycles. The monoisotopic (exact) mass is 252 g/mol. The van der Waals surface area contributed by atoms with Crippen molar-refractivity contribution in [1.29, 1.82) is 0 Å². The second kappa shape index (κ2) is 5.87. The molecule has 0 unspecified atom stereocenters. The Kier molecular flexibility index (Phi) is 4.20. The number of hydrogen-bond acceptors (Lipinski definition) is 4. The molecule has 2 rings (SSSR count). The van der Waals surface area contributed by atoms with Gasteiger partial charge in [0.15, 0.2) is 11.0 Å². The number of nitrogen functional groups attached to an aromatic ring is 1. The van der Waals surface area contributed by atoms with E-state index in [1.165, 1.54) is 37.6 Å². The first kappa shape index (κ1) is 12.2. The molecule has 4 nitrogen and oxygen atoms in total. The molecule has 0 amide bonds. The molecule has 0 aliphatic heterocycles. The Morgan fingerprint density at radius 2 is 2.24 bits per heavy atom. The molecule has 0 spiro atoms. The van der Waals surface area contributed by atoms with Gasteiger partial charge < -0.3 is 11.1 Å². The van der Waals surface area contributed by atoms with Gasteiger partial charge in [0.2, 0.25) is 0 Å². The maximum atomic E-state index is 5.81. The average Bonchev–Trinajstić information content (AvgIpc) is 2.36. The summed E-state index contributed by atoms with van der Waals surface area (Å²) in [5.74, 6) is 0.626. The van der Waals surface area contributed by atoms with Gasteiger partial charge in [-0.2, -0.15) is 0 Å². The lowest BCUT2D eigenvalue weighted by molar-refractivity contribution is 0.679. The van der Waals surface area contributed by atoms with Crippen molar-refractivity contribution in [3.8, 4) is 0 Å². The van der Waals surface area contributed by atoms with Crippen LogP contribution in [0.5, 0.6) is 0 Å². The van der Waals surface area contributed by atoms with Crippen LogP contribution in [0.15, 0.2) is 18.0 Å². The Morgan fingerprint density at radius 3 is 3.00 bits per heavy atom. The molecule has 0 aromatic carbocycles. The maximum absolute atomic E-state index is 5.81. The van der Waals surface area contributed by atoms with Gasteiger partial charge in [0, 0.05) is 6.54 Å². The van der Waals surface area contributed by atoms with Gasteiger partial charge >= 0.3 is 0 Å². The molecule has 3 N–H and O–H groups in total. The summed E-state index contributed by atoms with van der Waals surface area (Å²) in [7, 11) is 0. The van der Waals surface area contributed by atoms with Crippen molar-refractivity contribution in [2.24, 2.45) is 0 Å². The number of halogens is 1. The standard InChI is InChI=1S/C12H17ClN4/c13-11-10(14)12(17-8-16-11)15-7-6-9-4-2-1-3-5-9/h4,8H,1-3,5-7,14H2,(H,15,16,17). The Balaban J connectivity index is 1.85. The number of rotatable bonds is 4. The molecule has 1 heterocycles. The number of nitrogens with one attached hydrogen (secondary N) is 1. The van der Waals surface area contributed by atoms with Gasteiger partial charge in [0.05, 0.1) is 0 Å². The van der Waals surface area contributed by atoms with Crippen LogP contribution in [0.25, 0.3) is 0 Å². The van der Waals surface area contributed by atoms with E-state index in [1.807, 2.05) is 0 Å². The van der Waals surface area contributed by atoms with Crippen LogP contribution in [0.3, 0.4) is 0 Å². The Labute approximate surface area is 106 Å². The third-order valence-corrected chi connectivity index (χ3v) is 3.26. The SMILES string of the molecule is Nc1c(Cl)ncnc1NCCC1=CCCCC1. The van der Waals surface area contributed by atoms with Gasteiger partial charge in [-0.05, 0) is 32.1 Å². The normalized spacial score (nSPS) is 15.5. The fourth-order valence-electron chi connectivity index (χ4n) is 1.99. The van der Waals surface area contributed by atoms with Crippen molar-refractivity contribution in [3.63, 3.8) is 0 Å². The quantitative estimate of drug-likeness (QED) is 0.639. The topological polar surface area (TPSA) is 63.8 Å². The summed E-state index contributed by atoms with van der Waals surface area (Å²) >= 11 is 5.81. The van der Waals surface area contributed by atoms with E-state index in [0.29, 0.717) is 16.7 Å². The van der Waals surface area contributed by atoms with E-state index in [2.05, 4.69) is 21.4 Å². The van der Waals surface area contributed by atoms with E-state index < -0.39 is 0 Å². The molecular weight excluding hydrogens is 236 g/mol. The predicted octanol–water partition coefficient (Wildman–Crippen LogP) is 3.01. The van der Waals surface area contributed by atoms with Gasteiger partial charge in [0.1, 0.15) is 12.0 Å². The minimum absolute atomic E-state index is 0.305. The van der Waals surface area contributed by atoms with Crippen LogP contribution >= 0.6 is 11.6 Å². The second-order valence-electron chi connectivity index (χ2n) is 4.21. The van der Waals surface area contributed by atoms with Crippen LogP contribution in [-0.2, 0) is 0 Å². The first-order valence-electron chi connectivity index (χ1n) is 5.95. The molecule has 0 atom stereocenters. The van der Waals surface area contributed by atoms with Crippen LogP contribution in [0.2, 0.25) is 5.15 Å². The molecule has 0 fully saturated rings. The molecule has 17 heavy (non-hydrogen) atoms. The highest BCUT2D eigenvalue weighted by atomic mass is 35.5. The summed E-state index contributed by atoms with van der Waals surface area (Å²) in [6.07, 6.45) is 9.89. The summed E-state index contributed by atoms with van der Waals surface area (Å²) in [6.45, 7) is 0.837. The van der Waals surface area contributed by atoms with Crippen molar-refractivity contribution < 1.29 is 0 Å². The number of nitrogens with two attached hydrogens (primary N) is 1. The fourth-order valence-corrected chi connectivity index (χ4v) is 2.12. The molecule has 0 radical (unpaired) electrons. The first-order chi connectivity index (χ1) is 8.27. The summed E-state index contributed by atoms with van der Waals surface area (Å²) in [5.41, 5.74) is 7.72. The van der Waals surface area contributed by atoms with Crippen molar-refractivity contribution in [2.75, 3.05) is 17.6 Å². The Hall–Kier alpha value is -1.29. The molecule has 5 heteroatoms.